The maximum Gasteiger partial charge on any atom is 0.248 e. The van der Waals surface area contributed by atoms with Gasteiger partial charge >= 0.3 is 0 Å². The molecule has 0 radical (unpaired) electrons. The average molecular weight is 254 g/mol. The standard InChI is InChI=1S/C9H6BrNO.C2H6/c10-7-2-3-8-6(5-7)1-4-9(12)11-8;1-2/h1-5H,(H,11,12);1-2H3. The quantitative estimate of drug-likeness (QED) is 0.768. The Morgan fingerprint density at radius 2 is 1.86 bits per heavy atom. The molecule has 2 aromatic rings. The van der Waals surface area contributed by atoms with Gasteiger partial charge in [-0.3, -0.25) is 4.79 Å². The van der Waals surface area contributed by atoms with E-state index in [1.807, 2.05) is 32.0 Å². The van der Waals surface area contributed by atoms with Gasteiger partial charge < -0.3 is 4.98 Å². The fourth-order valence-electron chi connectivity index (χ4n) is 1.13. The van der Waals surface area contributed by atoms with E-state index in [1.165, 1.54) is 6.07 Å². The predicted molar refractivity (Wildman–Crippen MR) is 63.6 cm³/mol. The second kappa shape index (κ2) is 4.96. The summed E-state index contributed by atoms with van der Waals surface area (Å²) < 4.78 is 1.02. The first kappa shape index (κ1) is 11.0. The molecular formula is C11H12BrNO. The van der Waals surface area contributed by atoms with Crippen molar-refractivity contribution in [1.82, 2.24) is 4.98 Å². The third-order valence-electron chi connectivity index (χ3n) is 1.69. The van der Waals surface area contributed by atoms with Crippen molar-refractivity contribution in [2.75, 3.05) is 0 Å². The Kier molecular flexibility index (Phi) is 3.89. The summed E-state index contributed by atoms with van der Waals surface area (Å²) >= 11 is 3.36. The van der Waals surface area contributed by atoms with E-state index in [2.05, 4.69) is 20.9 Å². The van der Waals surface area contributed by atoms with Crippen LogP contribution in [0.5, 0.6) is 0 Å². The van der Waals surface area contributed by atoms with Crippen LogP contribution in [0.4, 0.5) is 0 Å². The molecule has 1 N–H and O–H groups in total. The minimum absolute atomic E-state index is 0.0650. The monoisotopic (exact) mass is 253 g/mol. The molecule has 0 saturated heterocycles. The molecule has 0 aliphatic carbocycles. The van der Waals surface area contributed by atoms with Crippen LogP contribution in [0.25, 0.3) is 10.9 Å². The van der Waals surface area contributed by atoms with Gasteiger partial charge in [0, 0.05) is 16.1 Å². The van der Waals surface area contributed by atoms with Gasteiger partial charge in [0.1, 0.15) is 0 Å². The smallest absolute Gasteiger partial charge is 0.248 e. The Bertz CT molecular complexity index is 476. The van der Waals surface area contributed by atoms with Gasteiger partial charge in [0.05, 0.1) is 0 Å². The van der Waals surface area contributed by atoms with Gasteiger partial charge in [-0.15, -0.1) is 0 Å². The van der Waals surface area contributed by atoms with Crippen LogP contribution in [-0.2, 0) is 0 Å². The van der Waals surface area contributed by atoms with Gasteiger partial charge in [0.2, 0.25) is 5.56 Å². The molecule has 0 fully saturated rings. The molecule has 14 heavy (non-hydrogen) atoms. The van der Waals surface area contributed by atoms with Crippen molar-refractivity contribution in [3.05, 3.63) is 45.2 Å². The van der Waals surface area contributed by atoms with Crippen LogP contribution in [0, 0.1) is 0 Å². The van der Waals surface area contributed by atoms with E-state index >= 15 is 0 Å². The average Bonchev–Trinajstić information content (AvgIpc) is 2.21. The lowest BCUT2D eigenvalue weighted by Crippen LogP contribution is -2.01. The third-order valence-corrected chi connectivity index (χ3v) is 2.18. The molecule has 1 aromatic carbocycles. The Balaban J connectivity index is 0.000000461. The van der Waals surface area contributed by atoms with Gasteiger partial charge in [-0.1, -0.05) is 29.8 Å². The van der Waals surface area contributed by atoms with Gasteiger partial charge in [-0.2, -0.15) is 0 Å². The summed E-state index contributed by atoms with van der Waals surface area (Å²) in [5.74, 6) is 0. The normalized spacial score (nSPS) is 9.36. The third kappa shape index (κ3) is 2.45. The van der Waals surface area contributed by atoms with Crippen molar-refractivity contribution in [2.24, 2.45) is 0 Å². The summed E-state index contributed by atoms with van der Waals surface area (Å²) in [4.78, 5) is 13.6. The van der Waals surface area contributed by atoms with E-state index in [4.69, 9.17) is 0 Å². The van der Waals surface area contributed by atoms with Crippen molar-refractivity contribution in [2.45, 2.75) is 13.8 Å². The molecule has 0 amide bonds. The lowest BCUT2D eigenvalue weighted by atomic mass is 10.2. The van der Waals surface area contributed by atoms with Crippen molar-refractivity contribution in [1.29, 1.82) is 0 Å². The molecular weight excluding hydrogens is 242 g/mol. The molecule has 1 aromatic heterocycles. The molecule has 2 rings (SSSR count). The van der Waals surface area contributed by atoms with Crippen LogP contribution in [0.3, 0.4) is 0 Å². The highest BCUT2D eigenvalue weighted by Crippen LogP contribution is 2.16. The van der Waals surface area contributed by atoms with E-state index in [9.17, 15) is 4.79 Å². The van der Waals surface area contributed by atoms with Crippen LogP contribution in [-0.4, -0.2) is 4.98 Å². The van der Waals surface area contributed by atoms with Crippen molar-refractivity contribution in [3.8, 4) is 0 Å². The number of halogens is 1. The highest BCUT2D eigenvalue weighted by Gasteiger charge is 1.93. The fraction of sp³-hybridized carbons (Fsp3) is 0.182. The number of pyridine rings is 1. The van der Waals surface area contributed by atoms with Crippen LogP contribution in [0.15, 0.2) is 39.6 Å². The first-order chi connectivity index (χ1) is 6.75. The number of aromatic nitrogens is 1. The van der Waals surface area contributed by atoms with Gasteiger partial charge in [0.25, 0.3) is 0 Å². The summed E-state index contributed by atoms with van der Waals surface area (Å²) in [7, 11) is 0. The summed E-state index contributed by atoms with van der Waals surface area (Å²) in [6.45, 7) is 4.00. The van der Waals surface area contributed by atoms with Gasteiger partial charge in [-0.25, -0.2) is 0 Å². The lowest BCUT2D eigenvalue weighted by molar-refractivity contribution is 1.31. The first-order valence-electron chi connectivity index (χ1n) is 4.54. The molecule has 2 nitrogen and oxygen atoms in total. The second-order valence-corrected chi connectivity index (χ2v) is 3.47. The Labute approximate surface area is 91.1 Å². The van der Waals surface area contributed by atoms with Crippen LogP contribution in [0.1, 0.15) is 13.8 Å². The van der Waals surface area contributed by atoms with Crippen LogP contribution >= 0.6 is 15.9 Å². The van der Waals surface area contributed by atoms with E-state index in [-0.39, 0.29) is 5.56 Å². The molecule has 0 spiro atoms. The summed E-state index contributed by atoms with van der Waals surface area (Å²) in [5.41, 5.74) is 0.801. The maximum atomic E-state index is 10.9. The Morgan fingerprint density at radius 1 is 1.14 bits per heavy atom. The zero-order chi connectivity index (χ0) is 10.6. The lowest BCUT2D eigenvalue weighted by Gasteiger charge is -1.96. The number of benzene rings is 1. The molecule has 0 bridgehead atoms. The SMILES string of the molecule is CC.O=c1ccc2cc(Br)ccc2[nH]1. The van der Waals surface area contributed by atoms with Crippen molar-refractivity contribution < 1.29 is 0 Å². The number of fused-ring (bicyclic) bond motifs is 1. The molecule has 3 heteroatoms. The topological polar surface area (TPSA) is 32.9 Å². The van der Waals surface area contributed by atoms with Gasteiger partial charge in [0.15, 0.2) is 0 Å². The van der Waals surface area contributed by atoms with E-state index in [0.29, 0.717) is 0 Å². The number of aromatic amines is 1. The molecule has 0 aliphatic rings. The minimum atomic E-state index is -0.0650. The van der Waals surface area contributed by atoms with Crippen LogP contribution in [0.2, 0.25) is 0 Å². The number of hydrogen-bond acceptors (Lipinski definition) is 1. The number of H-pyrrole nitrogens is 1. The summed E-state index contributed by atoms with van der Waals surface area (Å²) in [6.07, 6.45) is 0. The molecule has 1 heterocycles. The largest absolute Gasteiger partial charge is 0.322 e. The van der Waals surface area contributed by atoms with E-state index in [1.54, 1.807) is 6.07 Å². The molecule has 0 atom stereocenters. The number of nitrogens with one attached hydrogen (secondary N) is 1. The Hall–Kier alpha value is -1.09. The Morgan fingerprint density at radius 3 is 2.57 bits per heavy atom. The molecule has 74 valence electrons. The molecule has 0 aliphatic heterocycles. The molecule has 0 unspecified atom stereocenters. The van der Waals surface area contributed by atoms with Gasteiger partial charge in [-0.05, 0) is 29.7 Å². The van der Waals surface area contributed by atoms with Crippen LogP contribution < -0.4 is 5.56 Å². The summed E-state index contributed by atoms with van der Waals surface area (Å²) in [6, 6.07) is 9.07. The minimum Gasteiger partial charge on any atom is -0.322 e. The predicted octanol–water partition coefficient (Wildman–Crippen LogP) is 3.32. The number of rotatable bonds is 0. The second-order valence-electron chi connectivity index (χ2n) is 2.55. The molecule has 0 saturated carbocycles. The van der Waals surface area contributed by atoms with Crippen molar-refractivity contribution >= 4 is 26.8 Å². The van der Waals surface area contributed by atoms with Crippen molar-refractivity contribution in [3.63, 3.8) is 0 Å². The highest BCUT2D eigenvalue weighted by atomic mass is 79.9. The fourth-order valence-corrected chi connectivity index (χ4v) is 1.50. The highest BCUT2D eigenvalue weighted by molar-refractivity contribution is 9.10. The summed E-state index contributed by atoms with van der Waals surface area (Å²) in [5, 5.41) is 1.03. The zero-order valence-electron chi connectivity index (χ0n) is 8.17. The zero-order valence-corrected chi connectivity index (χ0v) is 9.76. The van der Waals surface area contributed by atoms with E-state index in [0.717, 1.165) is 15.4 Å². The first-order valence-corrected chi connectivity index (χ1v) is 5.33. The number of hydrogen-bond donors (Lipinski definition) is 1. The maximum absolute atomic E-state index is 10.9. The van der Waals surface area contributed by atoms with E-state index < -0.39 is 0 Å².